The Bertz CT molecular complexity index is 1220. The molecule has 170 valence electrons. The zero-order valence-corrected chi connectivity index (χ0v) is 19.0. The van der Waals surface area contributed by atoms with Gasteiger partial charge in [-0.2, -0.15) is 0 Å². The van der Waals surface area contributed by atoms with Gasteiger partial charge < -0.3 is 25.4 Å². The van der Waals surface area contributed by atoms with Crippen molar-refractivity contribution in [3.05, 3.63) is 76.6 Å². The lowest BCUT2D eigenvalue weighted by atomic mass is 9.94. The molecular formula is C25H26N4O4. The highest BCUT2D eigenvalue weighted by Gasteiger charge is 2.36. The molecule has 0 spiro atoms. The van der Waals surface area contributed by atoms with Crippen LogP contribution in [0.15, 0.2) is 53.9 Å². The highest BCUT2D eigenvalue weighted by Crippen LogP contribution is 2.40. The summed E-state index contributed by atoms with van der Waals surface area (Å²) >= 11 is 0. The minimum Gasteiger partial charge on any atom is -0.489 e. The normalized spacial score (nSPS) is 15.6. The van der Waals surface area contributed by atoms with E-state index < -0.39 is 6.10 Å². The van der Waals surface area contributed by atoms with E-state index in [2.05, 4.69) is 15.5 Å². The predicted octanol–water partition coefficient (Wildman–Crippen LogP) is 4.03. The average Bonchev–Trinajstić information content (AvgIpc) is 3.19. The number of aromatic nitrogens is 1. The number of hydrogen-bond acceptors (Lipinski definition) is 7. The molecule has 1 unspecified atom stereocenters. The van der Waals surface area contributed by atoms with E-state index in [0.29, 0.717) is 22.7 Å². The van der Waals surface area contributed by atoms with E-state index in [1.165, 1.54) is 13.3 Å². The summed E-state index contributed by atoms with van der Waals surface area (Å²) in [4.78, 5) is 21.5. The third-order valence-electron chi connectivity index (χ3n) is 5.74. The molecule has 0 aliphatic carbocycles. The lowest BCUT2D eigenvalue weighted by molar-refractivity contribution is 0.102. The molecule has 3 aromatic rings. The lowest BCUT2D eigenvalue weighted by Gasteiger charge is -2.14. The number of hydrogen-bond donors (Lipinski definition) is 2. The number of carbonyl (C=O) groups excluding carboxylic acids is 1. The second-order valence-corrected chi connectivity index (χ2v) is 7.79. The van der Waals surface area contributed by atoms with Crippen molar-refractivity contribution >= 4 is 23.0 Å². The molecule has 0 fully saturated rings. The highest BCUT2D eigenvalue weighted by atomic mass is 16.6. The summed E-state index contributed by atoms with van der Waals surface area (Å²) in [6.07, 6.45) is 2.67. The number of carbonyl (C=O) groups is 1. The minimum atomic E-state index is -0.466. The van der Waals surface area contributed by atoms with E-state index in [0.717, 1.165) is 33.7 Å². The van der Waals surface area contributed by atoms with Crippen LogP contribution in [0.5, 0.6) is 11.5 Å². The number of pyridine rings is 1. The zero-order valence-electron chi connectivity index (χ0n) is 19.0. The molecule has 1 aromatic heterocycles. The SMILES string of the molecule is CO/N=C1/c2c(C)c(N)c(C)c(C)c2OC1COc1cccc(NC(=O)c2cccnc2)c1. The first-order chi connectivity index (χ1) is 15.9. The second kappa shape index (κ2) is 9.20. The van der Waals surface area contributed by atoms with Crippen LogP contribution in [0, 0.1) is 20.8 Å². The van der Waals surface area contributed by atoms with Gasteiger partial charge in [0, 0.05) is 29.8 Å². The van der Waals surface area contributed by atoms with Gasteiger partial charge in [-0.15, -0.1) is 0 Å². The summed E-state index contributed by atoms with van der Waals surface area (Å²) < 4.78 is 12.2. The first kappa shape index (κ1) is 22.1. The van der Waals surface area contributed by atoms with Crippen LogP contribution in [0.25, 0.3) is 0 Å². The Morgan fingerprint density at radius 1 is 1.18 bits per heavy atom. The van der Waals surface area contributed by atoms with Crippen LogP contribution in [0.2, 0.25) is 0 Å². The molecule has 2 aromatic carbocycles. The first-order valence-corrected chi connectivity index (χ1v) is 10.5. The van der Waals surface area contributed by atoms with Crippen molar-refractivity contribution in [2.24, 2.45) is 5.16 Å². The Morgan fingerprint density at radius 3 is 2.73 bits per heavy atom. The molecule has 0 bridgehead atoms. The third-order valence-corrected chi connectivity index (χ3v) is 5.74. The number of benzene rings is 2. The number of rotatable bonds is 6. The van der Waals surface area contributed by atoms with Gasteiger partial charge in [0.1, 0.15) is 30.9 Å². The molecule has 1 atom stereocenters. The molecule has 0 radical (unpaired) electrons. The average molecular weight is 447 g/mol. The van der Waals surface area contributed by atoms with Gasteiger partial charge in [0.05, 0.1) is 11.1 Å². The number of nitrogen functional groups attached to an aromatic ring is 1. The van der Waals surface area contributed by atoms with E-state index in [4.69, 9.17) is 20.0 Å². The van der Waals surface area contributed by atoms with Crippen molar-refractivity contribution in [3.8, 4) is 11.5 Å². The van der Waals surface area contributed by atoms with E-state index in [1.807, 2.05) is 26.8 Å². The summed E-state index contributed by atoms with van der Waals surface area (Å²) in [6, 6.07) is 10.6. The van der Waals surface area contributed by atoms with Crippen LogP contribution in [0.4, 0.5) is 11.4 Å². The van der Waals surface area contributed by atoms with Crippen LogP contribution < -0.4 is 20.5 Å². The monoisotopic (exact) mass is 446 g/mol. The van der Waals surface area contributed by atoms with E-state index in [1.54, 1.807) is 36.5 Å². The number of anilines is 2. The Balaban J connectivity index is 1.51. The van der Waals surface area contributed by atoms with Gasteiger partial charge >= 0.3 is 0 Å². The molecule has 1 aliphatic rings. The maximum atomic E-state index is 12.4. The summed E-state index contributed by atoms with van der Waals surface area (Å²) in [7, 11) is 1.50. The fourth-order valence-corrected chi connectivity index (χ4v) is 3.81. The Labute approximate surface area is 192 Å². The number of fused-ring (bicyclic) bond motifs is 1. The number of amides is 1. The Kier molecular flexibility index (Phi) is 6.17. The molecule has 8 heteroatoms. The molecule has 2 heterocycles. The number of nitrogens with zero attached hydrogens (tertiary/aromatic N) is 2. The molecule has 4 rings (SSSR count). The highest BCUT2D eigenvalue weighted by molar-refractivity contribution is 6.11. The predicted molar refractivity (Wildman–Crippen MR) is 127 cm³/mol. The number of nitrogens with two attached hydrogens (primary N) is 1. The first-order valence-electron chi connectivity index (χ1n) is 10.5. The fourth-order valence-electron chi connectivity index (χ4n) is 3.81. The van der Waals surface area contributed by atoms with E-state index in [-0.39, 0.29) is 12.5 Å². The third kappa shape index (κ3) is 4.32. The van der Waals surface area contributed by atoms with Crippen LogP contribution >= 0.6 is 0 Å². The maximum Gasteiger partial charge on any atom is 0.257 e. The molecule has 0 saturated heterocycles. The number of ether oxygens (including phenoxy) is 2. The van der Waals surface area contributed by atoms with Crippen molar-refractivity contribution in [2.45, 2.75) is 26.9 Å². The van der Waals surface area contributed by atoms with Gasteiger partial charge in [-0.05, 0) is 61.7 Å². The van der Waals surface area contributed by atoms with Crippen molar-refractivity contribution < 1.29 is 19.1 Å². The van der Waals surface area contributed by atoms with Gasteiger partial charge in [0.2, 0.25) is 0 Å². The van der Waals surface area contributed by atoms with Crippen molar-refractivity contribution in [2.75, 3.05) is 24.8 Å². The van der Waals surface area contributed by atoms with Crippen LogP contribution in [0.3, 0.4) is 0 Å². The largest absolute Gasteiger partial charge is 0.489 e. The molecule has 0 saturated carbocycles. The topological polar surface area (TPSA) is 108 Å². The molecule has 33 heavy (non-hydrogen) atoms. The standard InChI is InChI=1S/C25H26N4O4/c1-14-15(2)24-21(16(3)22(14)26)23(29-31-4)20(33-24)13-32-19-9-5-8-18(11-19)28-25(30)17-7-6-10-27-12-17/h5-12,20H,13,26H2,1-4H3,(H,28,30)/b29-23+. The summed E-state index contributed by atoms with van der Waals surface area (Å²) in [6.45, 7) is 6.11. The molecule has 8 nitrogen and oxygen atoms in total. The minimum absolute atomic E-state index is 0.203. The van der Waals surface area contributed by atoms with Gasteiger partial charge in [0.15, 0.2) is 6.10 Å². The molecule has 1 aliphatic heterocycles. The van der Waals surface area contributed by atoms with Crippen LogP contribution in [-0.4, -0.2) is 36.4 Å². The van der Waals surface area contributed by atoms with Crippen molar-refractivity contribution in [1.82, 2.24) is 4.98 Å². The van der Waals surface area contributed by atoms with E-state index in [9.17, 15) is 4.79 Å². The van der Waals surface area contributed by atoms with Crippen LogP contribution in [-0.2, 0) is 4.84 Å². The number of nitrogens with one attached hydrogen (secondary N) is 1. The van der Waals surface area contributed by atoms with Crippen molar-refractivity contribution in [1.29, 1.82) is 0 Å². The Hall–Kier alpha value is -4.07. The lowest BCUT2D eigenvalue weighted by Crippen LogP contribution is -2.29. The molecule has 1 amide bonds. The van der Waals surface area contributed by atoms with Gasteiger partial charge in [0.25, 0.3) is 5.91 Å². The van der Waals surface area contributed by atoms with E-state index >= 15 is 0 Å². The van der Waals surface area contributed by atoms with Crippen LogP contribution in [0.1, 0.15) is 32.6 Å². The second-order valence-electron chi connectivity index (χ2n) is 7.79. The van der Waals surface area contributed by atoms with Gasteiger partial charge in [-0.1, -0.05) is 11.2 Å². The maximum absolute atomic E-state index is 12.4. The van der Waals surface area contributed by atoms with Crippen molar-refractivity contribution in [3.63, 3.8) is 0 Å². The summed E-state index contributed by atoms with van der Waals surface area (Å²) in [5, 5.41) is 7.06. The summed E-state index contributed by atoms with van der Waals surface area (Å²) in [5.41, 5.74) is 12.5. The van der Waals surface area contributed by atoms with Gasteiger partial charge in [-0.3, -0.25) is 9.78 Å². The summed E-state index contributed by atoms with van der Waals surface area (Å²) in [5.74, 6) is 1.09. The fraction of sp³-hybridized carbons (Fsp3) is 0.240. The number of oxime groups is 1. The van der Waals surface area contributed by atoms with Gasteiger partial charge in [-0.25, -0.2) is 0 Å². The smallest absolute Gasteiger partial charge is 0.257 e. The zero-order chi connectivity index (χ0) is 23.5. The Morgan fingerprint density at radius 2 is 2.00 bits per heavy atom. The molecular weight excluding hydrogens is 420 g/mol. The quantitative estimate of drug-likeness (QED) is 0.437. The molecule has 3 N–H and O–H groups in total.